The van der Waals surface area contributed by atoms with Crippen molar-refractivity contribution in [3.63, 3.8) is 0 Å². The Morgan fingerprint density at radius 3 is 2.31 bits per heavy atom. The predicted octanol–water partition coefficient (Wildman–Crippen LogP) is 4.31. The minimum Gasteiger partial charge on any atom is -0.462 e. The van der Waals surface area contributed by atoms with Crippen molar-refractivity contribution in [2.24, 2.45) is 0 Å². The largest absolute Gasteiger partial charge is 0.462 e. The van der Waals surface area contributed by atoms with Crippen molar-refractivity contribution in [1.82, 2.24) is 0 Å². The third-order valence-electron chi connectivity index (χ3n) is 5.89. The highest BCUT2D eigenvalue weighted by atomic mass is 32.2. The van der Waals surface area contributed by atoms with Gasteiger partial charge in [-0.25, -0.2) is 8.42 Å². The molecule has 5 heteroatoms. The lowest BCUT2D eigenvalue weighted by molar-refractivity contribution is -0.151. The van der Waals surface area contributed by atoms with E-state index in [9.17, 15) is 13.2 Å². The van der Waals surface area contributed by atoms with E-state index >= 15 is 0 Å². The molecule has 1 aromatic carbocycles. The maximum Gasteiger partial charge on any atom is 0.307 e. The summed E-state index contributed by atoms with van der Waals surface area (Å²) < 4.78 is 30.4. The van der Waals surface area contributed by atoms with E-state index in [1.807, 2.05) is 0 Å². The van der Waals surface area contributed by atoms with Crippen molar-refractivity contribution < 1.29 is 17.9 Å². The summed E-state index contributed by atoms with van der Waals surface area (Å²) in [7, 11) is -3.17. The molecule has 0 unspecified atom stereocenters. The van der Waals surface area contributed by atoms with E-state index < -0.39 is 9.84 Å². The molecule has 144 valence electrons. The average Bonchev–Trinajstić information content (AvgIpc) is 3.17. The van der Waals surface area contributed by atoms with Crippen LogP contribution in [0, 0.1) is 6.92 Å². The monoisotopic (exact) mass is 378 g/mol. The third kappa shape index (κ3) is 4.87. The highest BCUT2D eigenvalue weighted by Crippen LogP contribution is 2.35. The first-order valence-electron chi connectivity index (χ1n) is 9.93. The zero-order chi connectivity index (χ0) is 18.6. The molecule has 0 spiro atoms. The number of aryl methyl sites for hydroxylation is 1. The molecule has 3 rings (SSSR count). The molecule has 0 heterocycles. The van der Waals surface area contributed by atoms with Gasteiger partial charge in [0.1, 0.15) is 6.10 Å². The Bertz CT molecular complexity index is 702. The molecule has 0 N–H and O–H groups in total. The molecule has 1 aromatic rings. The van der Waals surface area contributed by atoms with Crippen LogP contribution in [0.15, 0.2) is 24.3 Å². The Hall–Kier alpha value is -1.36. The second-order valence-corrected chi connectivity index (χ2v) is 10.3. The van der Waals surface area contributed by atoms with Crippen LogP contribution in [0.4, 0.5) is 0 Å². The molecule has 2 aliphatic rings. The summed E-state index contributed by atoms with van der Waals surface area (Å²) in [4.78, 5) is 12.3. The number of ether oxygens (including phenoxy) is 1. The van der Waals surface area contributed by atoms with Crippen LogP contribution in [0.3, 0.4) is 0 Å². The van der Waals surface area contributed by atoms with Crippen molar-refractivity contribution in [3.8, 4) is 0 Å². The van der Waals surface area contributed by atoms with Gasteiger partial charge in [0, 0.05) is 5.92 Å². The first-order valence-corrected chi connectivity index (χ1v) is 11.6. The van der Waals surface area contributed by atoms with E-state index in [-0.39, 0.29) is 35.4 Å². The molecule has 0 aliphatic heterocycles. The molecular formula is C21H30O4S. The fourth-order valence-electron chi connectivity index (χ4n) is 4.30. The fourth-order valence-corrected chi connectivity index (χ4v) is 6.14. The number of benzene rings is 1. The number of hydrogen-bond donors (Lipinski definition) is 0. The number of carbonyl (C=O) groups excluding carboxylic acids is 1. The van der Waals surface area contributed by atoms with E-state index in [2.05, 4.69) is 31.2 Å². The summed E-state index contributed by atoms with van der Waals surface area (Å²) >= 11 is 0. The van der Waals surface area contributed by atoms with Gasteiger partial charge in [-0.05, 0) is 44.6 Å². The molecular weight excluding hydrogens is 348 g/mol. The van der Waals surface area contributed by atoms with Gasteiger partial charge in [-0.3, -0.25) is 4.79 Å². The van der Waals surface area contributed by atoms with Gasteiger partial charge in [-0.15, -0.1) is 0 Å². The zero-order valence-electron chi connectivity index (χ0n) is 15.7. The van der Waals surface area contributed by atoms with E-state index in [1.165, 1.54) is 11.1 Å². The van der Waals surface area contributed by atoms with Crippen molar-refractivity contribution in [2.75, 3.05) is 5.75 Å². The van der Waals surface area contributed by atoms with Gasteiger partial charge in [0.2, 0.25) is 0 Å². The zero-order valence-corrected chi connectivity index (χ0v) is 16.5. The molecule has 2 atom stereocenters. The molecule has 0 bridgehead atoms. The summed E-state index contributed by atoms with van der Waals surface area (Å²) in [6.07, 6.45) is 7.38. The second-order valence-electron chi connectivity index (χ2n) is 7.85. The molecule has 4 nitrogen and oxygen atoms in total. The summed E-state index contributed by atoms with van der Waals surface area (Å²) in [6, 6.07) is 8.43. The average molecular weight is 379 g/mol. The summed E-state index contributed by atoms with van der Waals surface area (Å²) in [5.74, 6) is -0.214. The minimum absolute atomic E-state index is 0.0179. The van der Waals surface area contributed by atoms with Crippen LogP contribution < -0.4 is 0 Å². The Balaban J connectivity index is 1.57. The van der Waals surface area contributed by atoms with Crippen LogP contribution in [0.2, 0.25) is 0 Å². The van der Waals surface area contributed by atoms with Gasteiger partial charge in [-0.2, -0.15) is 0 Å². The van der Waals surface area contributed by atoms with Gasteiger partial charge in [-0.1, -0.05) is 49.1 Å². The number of esters is 1. The lowest BCUT2D eigenvalue weighted by atomic mass is 9.81. The predicted molar refractivity (Wildman–Crippen MR) is 103 cm³/mol. The van der Waals surface area contributed by atoms with Gasteiger partial charge in [0.05, 0.1) is 17.4 Å². The van der Waals surface area contributed by atoms with Gasteiger partial charge in [0.25, 0.3) is 0 Å². The lowest BCUT2D eigenvalue weighted by Crippen LogP contribution is -2.30. The smallest absolute Gasteiger partial charge is 0.307 e. The van der Waals surface area contributed by atoms with Crippen LogP contribution in [-0.2, 0) is 19.4 Å². The van der Waals surface area contributed by atoms with Crippen molar-refractivity contribution in [2.45, 2.75) is 82.0 Å². The van der Waals surface area contributed by atoms with E-state index in [0.717, 1.165) is 51.4 Å². The number of carbonyl (C=O) groups is 1. The summed E-state index contributed by atoms with van der Waals surface area (Å²) in [5.41, 5.74) is 2.43. The molecule has 2 saturated carbocycles. The molecule has 2 aliphatic carbocycles. The highest BCUT2D eigenvalue weighted by molar-refractivity contribution is 7.92. The number of sulfone groups is 1. The van der Waals surface area contributed by atoms with E-state index in [4.69, 9.17) is 4.74 Å². The number of rotatable bonds is 6. The molecule has 0 saturated heterocycles. The Morgan fingerprint density at radius 1 is 1.00 bits per heavy atom. The fraction of sp³-hybridized carbons (Fsp3) is 0.667. The Morgan fingerprint density at radius 2 is 1.62 bits per heavy atom. The van der Waals surface area contributed by atoms with Crippen LogP contribution in [0.5, 0.6) is 0 Å². The minimum atomic E-state index is -3.17. The van der Waals surface area contributed by atoms with Gasteiger partial charge < -0.3 is 4.74 Å². The molecule has 2 fully saturated rings. The maximum atomic E-state index is 12.3. The van der Waals surface area contributed by atoms with E-state index in [1.54, 1.807) is 0 Å². The molecule has 0 amide bonds. The van der Waals surface area contributed by atoms with Crippen LogP contribution in [0.1, 0.15) is 74.8 Å². The topological polar surface area (TPSA) is 60.4 Å². The van der Waals surface area contributed by atoms with Crippen molar-refractivity contribution >= 4 is 15.8 Å². The summed E-state index contributed by atoms with van der Waals surface area (Å²) in [5, 5.41) is -0.245. The normalized spacial score (nSPS) is 24.5. The van der Waals surface area contributed by atoms with Crippen LogP contribution >= 0.6 is 0 Å². The Kier molecular flexibility index (Phi) is 6.38. The Labute approximate surface area is 157 Å². The first kappa shape index (κ1) is 19.4. The summed E-state index contributed by atoms with van der Waals surface area (Å²) in [6.45, 7) is 2.06. The van der Waals surface area contributed by atoms with Crippen LogP contribution in [0.25, 0.3) is 0 Å². The van der Waals surface area contributed by atoms with Crippen molar-refractivity contribution in [3.05, 3.63) is 35.4 Å². The second kappa shape index (κ2) is 8.55. The SMILES string of the molecule is Cc1ccc([C@H]2CCCC[C@@H]2OC(=O)CCS(=O)(=O)C2CCCC2)cc1. The molecule has 0 aromatic heterocycles. The molecule has 0 radical (unpaired) electrons. The van der Waals surface area contributed by atoms with Crippen LogP contribution in [-0.4, -0.2) is 31.5 Å². The van der Waals surface area contributed by atoms with Gasteiger partial charge in [0.15, 0.2) is 9.84 Å². The quantitative estimate of drug-likeness (QED) is 0.692. The maximum absolute atomic E-state index is 12.3. The highest BCUT2D eigenvalue weighted by Gasteiger charge is 2.32. The standard InChI is InChI=1S/C21H30O4S/c1-16-10-12-17(13-11-16)19-8-4-5-9-20(19)25-21(22)14-15-26(23,24)18-6-2-3-7-18/h10-13,18-20H,2-9,14-15H2,1H3/t19-,20+/m1/s1. The van der Waals surface area contributed by atoms with E-state index in [0.29, 0.717) is 0 Å². The lowest BCUT2D eigenvalue weighted by Gasteiger charge is -2.31. The first-order chi connectivity index (χ1) is 12.5. The van der Waals surface area contributed by atoms with Gasteiger partial charge >= 0.3 is 5.97 Å². The molecule has 26 heavy (non-hydrogen) atoms. The third-order valence-corrected chi connectivity index (χ3v) is 8.15. The number of hydrogen-bond acceptors (Lipinski definition) is 4. The van der Waals surface area contributed by atoms with Crippen molar-refractivity contribution in [1.29, 1.82) is 0 Å².